The summed E-state index contributed by atoms with van der Waals surface area (Å²) in [4.78, 5) is 29.7. The first-order valence-electron chi connectivity index (χ1n) is 10.5. The maximum Gasteiger partial charge on any atom is 0.254 e. The van der Waals surface area contributed by atoms with Gasteiger partial charge in [-0.2, -0.15) is 11.3 Å². The van der Waals surface area contributed by atoms with Crippen LogP contribution in [0.25, 0.3) is 0 Å². The third-order valence-corrected chi connectivity index (χ3v) is 7.55. The van der Waals surface area contributed by atoms with E-state index in [1.54, 1.807) is 11.3 Å². The lowest BCUT2D eigenvalue weighted by Gasteiger charge is -2.62. The number of amides is 2. The lowest BCUT2D eigenvalue weighted by Crippen LogP contribution is -2.79. The summed E-state index contributed by atoms with van der Waals surface area (Å²) < 4.78 is 11.7. The molecular formula is C21H28N2O4S. The molecule has 0 bridgehead atoms. The fourth-order valence-corrected chi connectivity index (χ4v) is 5.68. The normalized spacial score (nSPS) is 27.9. The molecule has 1 aromatic rings. The number of β-lactam (4-membered cyclic amide) rings is 1. The van der Waals surface area contributed by atoms with Crippen molar-refractivity contribution in [2.24, 2.45) is 5.92 Å². The zero-order valence-corrected chi connectivity index (χ0v) is 17.0. The van der Waals surface area contributed by atoms with Crippen molar-refractivity contribution >= 4 is 23.2 Å². The van der Waals surface area contributed by atoms with Gasteiger partial charge in [0.05, 0.1) is 17.7 Å². The molecule has 4 aliphatic rings. The van der Waals surface area contributed by atoms with E-state index in [1.165, 1.54) is 12.8 Å². The maximum atomic E-state index is 13.1. The molecule has 152 valence electrons. The summed E-state index contributed by atoms with van der Waals surface area (Å²) in [5, 5.41) is 3.85. The van der Waals surface area contributed by atoms with Gasteiger partial charge in [-0.3, -0.25) is 9.59 Å². The topological polar surface area (TPSA) is 59.1 Å². The second kappa shape index (κ2) is 7.43. The van der Waals surface area contributed by atoms with Gasteiger partial charge in [-0.05, 0) is 55.9 Å². The first kappa shape index (κ1) is 18.6. The van der Waals surface area contributed by atoms with Crippen LogP contribution < -0.4 is 0 Å². The molecule has 0 aromatic carbocycles. The van der Waals surface area contributed by atoms with Crippen LogP contribution in [0.4, 0.5) is 0 Å². The molecule has 2 amide bonds. The Balaban J connectivity index is 1.25. The predicted octanol–water partition coefficient (Wildman–Crippen LogP) is 2.54. The average Bonchev–Trinajstić information content (AvgIpc) is 3.39. The quantitative estimate of drug-likeness (QED) is 0.708. The minimum Gasteiger partial charge on any atom is -0.381 e. The lowest BCUT2D eigenvalue weighted by molar-refractivity contribution is -0.219. The highest BCUT2D eigenvalue weighted by Crippen LogP contribution is 2.46. The Morgan fingerprint density at radius 2 is 1.96 bits per heavy atom. The van der Waals surface area contributed by atoms with Crippen LogP contribution in [0.3, 0.4) is 0 Å². The molecule has 1 saturated carbocycles. The van der Waals surface area contributed by atoms with Crippen LogP contribution in [-0.2, 0) is 14.3 Å². The molecule has 4 fully saturated rings. The molecule has 1 atom stereocenters. The fourth-order valence-electron chi connectivity index (χ4n) is 5.05. The minimum atomic E-state index is -0.289. The van der Waals surface area contributed by atoms with E-state index < -0.39 is 0 Å². The van der Waals surface area contributed by atoms with Crippen LogP contribution >= 0.6 is 11.3 Å². The minimum absolute atomic E-state index is 0.112. The van der Waals surface area contributed by atoms with Gasteiger partial charge in [-0.15, -0.1) is 0 Å². The highest BCUT2D eigenvalue weighted by atomic mass is 32.1. The predicted molar refractivity (Wildman–Crippen MR) is 105 cm³/mol. The molecule has 5 rings (SSSR count). The number of likely N-dealkylation sites (tertiary alicyclic amines) is 2. The van der Waals surface area contributed by atoms with Gasteiger partial charge in [-0.25, -0.2) is 0 Å². The number of ether oxygens (including phenoxy) is 2. The van der Waals surface area contributed by atoms with Crippen molar-refractivity contribution in [2.45, 2.75) is 56.2 Å². The van der Waals surface area contributed by atoms with Gasteiger partial charge in [0.2, 0.25) is 0 Å². The number of rotatable bonds is 5. The summed E-state index contributed by atoms with van der Waals surface area (Å²) in [6.07, 6.45) is 5.60. The van der Waals surface area contributed by atoms with Gasteiger partial charge in [0.1, 0.15) is 0 Å². The molecule has 4 heterocycles. The third-order valence-electron chi connectivity index (χ3n) is 6.87. The van der Waals surface area contributed by atoms with Gasteiger partial charge in [0.15, 0.2) is 6.10 Å². The van der Waals surface area contributed by atoms with Gasteiger partial charge >= 0.3 is 0 Å². The van der Waals surface area contributed by atoms with E-state index in [-0.39, 0.29) is 29.5 Å². The van der Waals surface area contributed by atoms with Gasteiger partial charge in [0, 0.05) is 37.7 Å². The fraction of sp³-hybridized carbons (Fsp3) is 0.714. The van der Waals surface area contributed by atoms with E-state index in [1.807, 2.05) is 21.7 Å². The molecular weight excluding hydrogens is 376 g/mol. The van der Waals surface area contributed by atoms with Crippen LogP contribution in [0.1, 0.15) is 48.9 Å². The summed E-state index contributed by atoms with van der Waals surface area (Å²) in [5.74, 6) is 0.927. The number of carbonyl (C=O) groups excluding carboxylic acids is 2. The van der Waals surface area contributed by atoms with E-state index in [0.717, 1.165) is 37.9 Å². The summed E-state index contributed by atoms with van der Waals surface area (Å²) >= 11 is 1.55. The van der Waals surface area contributed by atoms with Crippen molar-refractivity contribution in [3.05, 3.63) is 22.4 Å². The van der Waals surface area contributed by atoms with Crippen molar-refractivity contribution in [1.82, 2.24) is 9.80 Å². The highest BCUT2D eigenvalue weighted by molar-refractivity contribution is 7.08. The van der Waals surface area contributed by atoms with Crippen LogP contribution in [-0.4, -0.2) is 72.2 Å². The Hall–Kier alpha value is -1.44. The Labute approximate surface area is 169 Å². The molecule has 0 N–H and O–H groups in total. The number of piperidine rings is 1. The first-order chi connectivity index (χ1) is 13.7. The van der Waals surface area contributed by atoms with Crippen molar-refractivity contribution < 1.29 is 19.1 Å². The second-order valence-electron chi connectivity index (χ2n) is 8.62. The van der Waals surface area contributed by atoms with E-state index in [9.17, 15) is 9.59 Å². The van der Waals surface area contributed by atoms with Crippen molar-refractivity contribution in [1.29, 1.82) is 0 Å². The van der Waals surface area contributed by atoms with Gasteiger partial charge in [0.25, 0.3) is 11.8 Å². The molecule has 1 unspecified atom stereocenters. The van der Waals surface area contributed by atoms with Crippen molar-refractivity contribution in [3.63, 3.8) is 0 Å². The summed E-state index contributed by atoms with van der Waals surface area (Å²) in [6.45, 7) is 3.54. The monoisotopic (exact) mass is 404 g/mol. The van der Waals surface area contributed by atoms with Gasteiger partial charge in [-0.1, -0.05) is 0 Å². The molecule has 3 saturated heterocycles. The summed E-state index contributed by atoms with van der Waals surface area (Å²) in [6, 6.07) is 2.09. The largest absolute Gasteiger partial charge is 0.381 e. The highest BCUT2D eigenvalue weighted by Gasteiger charge is 2.63. The van der Waals surface area contributed by atoms with Crippen LogP contribution in [0.2, 0.25) is 0 Å². The number of nitrogens with zero attached hydrogens (tertiary/aromatic N) is 2. The zero-order chi connectivity index (χ0) is 19.1. The molecule has 28 heavy (non-hydrogen) atoms. The van der Waals surface area contributed by atoms with E-state index >= 15 is 0 Å². The van der Waals surface area contributed by atoms with Crippen molar-refractivity contribution in [2.75, 3.05) is 32.9 Å². The molecule has 0 radical (unpaired) electrons. The number of thiophene rings is 1. The summed E-state index contributed by atoms with van der Waals surface area (Å²) in [5.41, 5.74) is 0.590. The van der Waals surface area contributed by atoms with Gasteiger partial charge < -0.3 is 19.3 Å². The van der Waals surface area contributed by atoms with E-state index in [0.29, 0.717) is 32.2 Å². The Morgan fingerprint density at radius 1 is 1.21 bits per heavy atom. The Morgan fingerprint density at radius 3 is 2.61 bits per heavy atom. The number of carbonyl (C=O) groups is 2. The molecule has 6 nitrogen and oxygen atoms in total. The Kier molecular flexibility index (Phi) is 4.93. The smallest absolute Gasteiger partial charge is 0.254 e. The van der Waals surface area contributed by atoms with E-state index in [2.05, 4.69) is 4.90 Å². The lowest BCUT2D eigenvalue weighted by atomic mass is 9.72. The molecule has 7 heteroatoms. The number of hydrogen-bond acceptors (Lipinski definition) is 5. The second-order valence-corrected chi connectivity index (χ2v) is 9.40. The standard InChI is InChI=1S/C21H28N2O4S/c24-19(16-5-12-28-14-16)22-8-3-17(4-9-22)23-20(25)18(27-13-15-1-2-15)21(23)6-10-26-11-7-21/h5,12,14-15,17-18H,1-4,6-11,13H2. The first-order valence-corrected chi connectivity index (χ1v) is 11.5. The van der Waals surface area contributed by atoms with E-state index in [4.69, 9.17) is 9.47 Å². The zero-order valence-electron chi connectivity index (χ0n) is 16.2. The molecule has 1 aromatic heterocycles. The molecule has 1 spiro atoms. The third kappa shape index (κ3) is 3.17. The number of hydrogen-bond donors (Lipinski definition) is 0. The Bertz CT molecular complexity index is 719. The summed E-state index contributed by atoms with van der Waals surface area (Å²) in [7, 11) is 0. The molecule has 1 aliphatic carbocycles. The van der Waals surface area contributed by atoms with Crippen LogP contribution in [0.15, 0.2) is 16.8 Å². The molecule has 3 aliphatic heterocycles. The SMILES string of the molecule is O=C(c1ccsc1)N1CCC(N2C(=O)C(OCC3CC3)C23CCOCC3)CC1. The maximum absolute atomic E-state index is 13.1. The van der Waals surface area contributed by atoms with Crippen LogP contribution in [0.5, 0.6) is 0 Å². The van der Waals surface area contributed by atoms with Crippen LogP contribution in [0, 0.1) is 5.92 Å². The van der Waals surface area contributed by atoms with Crippen molar-refractivity contribution in [3.8, 4) is 0 Å². The average molecular weight is 405 g/mol.